The normalized spacial score (nSPS) is 11.1. The fourth-order valence-electron chi connectivity index (χ4n) is 2.71. The van der Waals surface area contributed by atoms with Gasteiger partial charge in [-0.1, -0.05) is 36.4 Å². The van der Waals surface area contributed by atoms with Crippen LogP contribution >= 0.6 is 0 Å². The van der Waals surface area contributed by atoms with Gasteiger partial charge in [-0.25, -0.2) is 0 Å². The molecule has 20 heavy (non-hydrogen) atoms. The zero-order chi connectivity index (χ0) is 14.2. The molecule has 0 saturated heterocycles. The van der Waals surface area contributed by atoms with E-state index < -0.39 is 0 Å². The van der Waals surface area contributed by atoms with E-state index >= 15 is 0 Å². The lowest BCUT2D eigenvalue weighted by molar-refractivity contribution is 0.284. The second kappa shape index (κ2) is 8.03. The lowest BCUT2D eigenvalue weighted by atomic mass is 9.94. The molecule has 0 heterocycles. The maximum Gasteiger partial charge on any atom is 0.0431 e. The molecule has 0 aromatic heterocycles. The number of fused-ring (bicyclic) bond motifs is 1. The molecule has 2 nitrogen and oxygen atoms in total. The standard InChI is InChI=1S/C18H24O2/c19-13-5-3-7-15-11-12-16(8-4-6-14-20)18-10-2-1-9-17(15)18/h1-2,9-12,19-20H,3-8,13-14H2. The van der Waals surface area contributed by atoms with E-state index in [1.165, 1.54) is 21.9 Å². The van der Waals surface area contributed by atoms with Crippen molar-refractivity contribution in [1.29, 1.82) is 0 Å². The fourth-order valence-corrected chi connectivity index (χ4v) is 2.71. The molecule has 0 amide bonds. The number of unbranched alkanes of at least 4 members (excludes halogenated alkanes) is 2. The highest BCUT2D eigenvalue weighted by atomic mass is 16.3. The van der Waals surface area contributed by atoms with Crippen molar-refractivity contribution in [3.05, 3.63) is 47.5 Å². The zero-order valence-electron chi connectivity index (χ0n) is 12.0. The Labute approximate surface area is 121 Å². The molecule has 2 aromatic rings. The highest BCUT2D eigenvalue weighted by Crippen LogP contribution is 2.25. The van der Waals surface area contributed by atoms with Crippen molar-refractivity contribution in [3.8, 4) is 0 Å². The summed E-state index contributed by atoms with van der Waals surface area (Å²) in [5.41, 5.74) is 2.75. The lowest BCUT2D eigenvalue weighted by Crippen LogP contribution is -1.95. The molecule has 108 valence electrons. The molecule has 2 heteroatoms. The quantitative estimate of drug-likeness (QED) is 0.722. The number of aliphatic hydroxyl groups is 2. The lowest BCUT2D eigenvalue weighted by Gasteiger charge is -2.11. The summed E-state index contributed by atoms with van der Waals surface area (Å²) in [7, 11) is 0. The Bertz CT molecular complexity index is 485. The smallest absolute Gasteiger partial charge is 0.0431 e. The topological polar surface area (TPSA) is 40.5 Å². The second-order valence-corrected chi connectivity index (χ2v) is 5.29. The summed E-state index contributed by atoms with van der Waals surface area (Å²) in [6.45, 7) is 0.550. The van der Waals surface area contributed by atoms with E-state index in [0.29, 0.717) is 0 Å². The van der Waals surface area contributed by atoms with Crippen molar-refractivity contribution in [3.63, 3.8) is 0 Å². The molecule has 0 bridgehead atoms. The van der Waals surface area contributed by atoms with Crippen LogP contribution in [0.4, 0.5) is 0 Å². The van der Waals surface area contributed by atoms with Crippen LogP contribution in [0.15, 0.2) is 36.4 Å². The molecular weight excluding hydrogens is 248 g/mol. The number of hydrogen-bond acceptors (Lipinski definition) is 2. The van der Waals surface area contributed by atoms with Crippen LogP contribution in [0.1, 0.15) is 36.8 Å². The van der Waals surface area contributed by atoms with Crippen molar-refractivity contribution in [2.24, 2.45) is 0 Å². The van der Waals surface area contributed by atoms with Crippen LogP contribution in [0.3, 0.4) is 0 Å². The van der Waals surface area contributed by atoms with Gasteiger partial charge in [-0.3, -0.25) is 0 Å². The summed E-state index contributed by atoms with van der Waals surface area (Å²) in [4.78, 5) is 0. The first kappa shape index (κ1) is 15.0. The Kier molecular flexibility index (Phi) is 6.03. The van der Waals surface area contributed by atoms with Crippen LogP contribution in [0.25, 0.3) is 10.8 Å². The Balaban J connectivity index is 2.22. The van der Waals surface area contributed by atoms with Crippen molar-refractivity contribution >= 4 is 10.8 Å². The van der Waals surface area contributed by atoms with E-state index in [2.05, 4.69) is 36.4 Å². The average molecular weight is 272 g/mol. The van der Waals surface area contributed by atoms with Gasteiger partial charge in [-0.15, -0.1) is 0 Å². The van der Waals surface area contributed by atoms with E-state index in [9.17, 15) is 0 Å². The first-order valence-corrected chi connectivity index (χ1v) is 7.58. The third kappa shape index (κ3) is 3.81. The molecule has 0 saturated carbocycles. The molecular formula is C18H24O2. The molecule has 2 rings (SSSR count). The molecule has 0 fully saturated rings. The van der Waals surface area contributed by atoms with Gasteiger partial charge >= 0.3 is 0 Å². The fraction of sp³-hybridized carbons (Fsp3) is 0.444. The summed E-state index contributed by atoms with van der Waals surface area (Å²) < 4.78 is 0. The highest BCUT2D eigenvalue weighted by Gasteiger charge is 2.05. The summed E-state index contributed by atoms with van der Waals surface area (Å²) in [6.07, 6.45) is 5.85. The SMILES string of the molecule is OCCCCc1ccc(CCCCO)c2ccccc12. The van der Waals surface area contributed by atoms with Gasteiger partial charge in [0.05, 0.1) is 0 Å². The van der Waals surface area contributed by atoms with Gasteiger partial charge in [-0.05, 0) is 60.4 Å². The molecule has 0 atom stereocenters. The minimum Gasteiger partial charge on any atom is -0.396 e. The van der Waals surface area contributed by atoms with E-state index in [4.69, 9.17) is 10.2 Å². The van der Waals surface area contributed by atoms with Crippen LogP contribution in [-0.2, 0) is 12.8 Å². The van der Waals surface area contributed by atoms with Crippen LogP contribution in [0.2, 0.25) is 0 Å². The minimum atomic E-state index is 0.275. The Morgan fingerprint density at radius 3 is 1.45 bits per heavy atom. The third-order valence-corrected chi connectivity index (χ3v) is 3.81. The molecule has 0 radical (unpaired) electrons. The van der Waals surface area contributed by atoms with Crippen LogP contribution in [0.5, 0.6) is 0 Å². The van der Waals surface area contributed by atoms with Crippen molar-refractivity contribution in [2.75, 3.05) is 13.2 Å². The molecule has 0 aliphatic rings. The third-order valence-electron chi connectivity index (χ3n) is 3.81. The predicted molar refractivity (Wildman–Crippen MR) is 84.0 cm³/mol. The van der Waals surface area contributed by atoms with Gasteiger partial charge in [0, 0.05) is 13.2 Å². The largest absolute Gasteiger partial charge is 0.396 e. The first-order valence-electron chi connectivity index (χ1n) is 7.58. The van der Waals surface area contributed by atoms with Crippen molar-refractivity contribution < 1.29 is 10.2 Å². The van der Waals surface area contributed by atoms with Crippen molar-refractivity contribution in [1.82, 2.24) is 0 Å². The molecule has 2 aromatic carbocycles. The van der Waals surface area contributed by atoms with Gasteiger partial charge in [-0.2, -0.15) is 0 Å². The number of aryl methyl sites for hydroxylation is 2. The monoisotopic (exact) mass is 272 g/mol. The summed E-state index contributed by atoms with van der Waals surface area (Å²) in [6, 6.07) is 13.0. The molecule has 0 aliphatic carbocycles. The number of benzene rings is 2. The van der Waals surface area contributed by atoms with Crippen LogP contribution in [0, 0.1) is 0 Å². The number of hydrogen-bond donors (Lipinski definition) is 2. The van der Waals surface area contributed by atoms with E-state index in [1.54, 1.807) is 0 Å². The molecule has 0 unspecified atom stereocenters. The first-order chi connectivity index (χ1) is 9.86. The zero-order valence-corrected chi connectivity index (χ0v) is 12.0. The van der Waals surface area contributed by atoms with Gasteiger partial charge in [0.1, 0.15) is 0 Å². The summed E-state index contributed by atoms with van der Waals surface area (Å²) >= 11 is 0. The predicted octanol–water partition coefficient (Wildman–Crippen LogP) is 3.47. The number of aliphatic hydroxyl groups excluding tert-OH is 2. The van der Waals surface area contributed by atoms with Gasteiger partial charge < -0.3 is 10.2 Å². The summed E-state index contributed by atoms with van der Waals surface area (Å²) in [5, 5.41) is 20.5. The van der Waals surface area contributed by atoms with Gasteiger partial charge in [0.15, 0.2) is 0 Å². The van der Waals surface area contributed by atoms with Crippen LogP contribution < -0.4 is 0 Å². The molecule has 0 aliphatic heterocycles. The Morgan fingerprint density at radius 1 is 0.600 bits per heavy atom. The highest BCUT2D eigenvalue weighted by molar-refractivity contribution is 5.88. The molecule has 2 N–H and O–H groups in total. The van der Waals surface area contributed by atoms with E-state index in [1.807, 2.05) is 0 Å². The average Bonchev–Trinajstić information content (AvgIpc) is 2.49. The Hall–Kier alpha value is -1.38. The van der Waals surface area contributed by atoms with Gasteiger partial charge in [0.2, 0.25) is 0 Å². The minimum absolute atomic E-state index is 0.275. The summed E-state index contributed by atoms with van der Waals surface area (Å²) in [5.74, 6) is 0. The van der Waals surface area contributed by atoms with E-state index in [0.717, 1.165) is 38.5 Å². The maximum absolute atomic E-state index is 8.90. The van der Waals surface area contributed by atoms with Gasteiger partial charge in [0.25, 0.3) is 0 Å². The van der Waals surface area contributed by atoms with E-state index in [-0.39, 0.29) is 13.2 Å². The van der Waals surface area contributed by atoms with Crippen molar-refractivity contribution in [2.45, 2.75) is 38.5 Å². The van der Waals surface area contributed by atoms with Crippen LogP contribution in [-0.4, -0.2) is 23.4 Å². The molecule has 0 spiro atoms. The Morgan fingerprint density at radius 2 is 1.05 bits per heavy atom. The number of rotatable bonds is 8. The second-order valence-electron chi connectivity index (χ2n) is 5.29. The maximum atomic E-state index is 8.90.